The monoisotopic (exact) mass is 239 g/mol. The van der Waals surface area contributed by atoms with E-state index in [1.54, 1.807) is 27.9 Å². The van der Waals surface area contributed by atoms with Crippen molar-refractivity contribution in [1.29, 1.82) is 0 Å². The molecule has 0 aliphatic carbocycles. The zero-order valence-corrected chi connectivity index (χ0v) is 10.5. The van der Waals surface area contributed by atoms with Crippen molar-refractivity contribution in [2.75, 3.05) is 27.2 Å². The maximum Gasteiger partial charge on any atom is 0.293 e. The third-order valence-corrected chi connectivity index (χ3v) is 2.28. The number of carbonyl (C=O) groups excluding carboxylic acids is 2. The summed E-state index contributed by atoms with van der Waals surface area (Å²) in [6, 6.07) is 0. The van der Waals surface area contributed by atoms with E-state index >= 15 is 0 Å². The van der Waals surface area contributed by atoms with Crippen molar-refractivity contribution in [1.82, 2.24) is 25.0 Å². The van der Waals surface area contributed by atoms with Crippen molar-refractivity contribution >= 4 is 11.8 Å². The van der Waals surface area contributed by atoms with Crippen LogP contribution >= 0.6 is 0 Å². The molecule has 0 spiro atoms. The van der Waals surface area contributed by atoms with Crippen LogP contribution in [0.4, 0.5) is 0 Å². The molecule has 17 heavy (non-hydrogen) atoms. The first-order valence-corrected chi connectivity index (χ1v) is 5.34. The van der Waals surface area contributed by atoms with Crippen molar-refractivity contribution in [3.63, 3.8) is 0 Å². The SMILES string of the molecule is CCN(CC(=O)N(C)C)C(=O)c1n[nH]c(C)n1. The molecule has 1 aromatic rings. The summed E-state index contributed by atoms with van der Waals surface area (Å²) in [5.74, 6) is 0.193. The van der Waals surface area contributed by atoms with E-state index < -0.39 is 0 Å². The molecule has 7 nitrogen and oxygen atoms in total. The van der Waals surface area contributed by atoms with E-state index in [0.29, 0.717) is 12.4 Å². The molecule has 0 aromatic carbocycles. The van der Waals surface area contributed by atoms with Crippen LogP contribution in [-0.4, -0.2) is 64.0 Å². The average Bonchev–Trinajstić information content (AvgIpc) is 2.71. The maximum absolute atomic E-state index is 12.0. The number of nitrogens with one attached hydrogen (secondary N) is 1. The van der Waals surface area contributed by atoms with Gasteiger partial charge in [-0.25, -0.2) is 4.98 Å². The normalized spacial score (nSPS) is 10.1. The van der Waals surface area contributed by atoms with Crippen LogP contribution in [0.3, 0.4) is 0 Å². The van der Waals surface area contributed by atoms with Gasteiger partial charge in [-0.2, -0.15) is 0 Å². The fourth-order valence-corrected chi connectivity index (χ4v) is 1.21. The van der Waals surface area contributed by atoms with Gasteiger partial charge in [-0.1, -0.05) is 0 Å². The smallest absolute Gasteiger partial charge is 0.293 e. The van der Waals surface area contributed by atoms with Crippen LogP contribution in [0.5, 0.6) is 0 Å². The number of aryl methyl sites for hydroxylation is 1. The molecular formula is C10H17N5O2. The first kappa shape index (κ1) is 13.1. The highest BCUT2D eigenvalue weighted by Gasteiger charge is 2.21. The Labute approximate surface area is 99.8 Å². The van der Waals surface area contributed by atoms with Crippen LogP contribution < -0.4 is 0 Å². The fourth-order valence-electron chi connectivity index (χ4n) is 1.21. The molecule has 0 radical (unpaired) electrons. The van der Waals surface area contributed by atoms with E-state index in [1.807, 2.05) is 0 Å². The summed E-state index contributed by atoms with van der Waals surface area (Å²) in [5.41, 5.74) is 0. The number of amides is 2. The van der Waals surface area contributed by atoms with Gasteiger partial charge >= 0.3 is 0 Å². The first-order valence-electron chi connectivity index (χ1n) is 5.34. The summed E-state index contributed by atoms with van der Waals surface area (Å²) in [5, 5.41) is 6.39. The Morgan fingerprint density at radius 3 is 2.41 bits per heavy atom. The second-order valence-electron chi connectivity index (χ2n) is 3.85. The van der Waals surface area contributed by atoms with Crippen molar-refractivity contribution in [2.24, 2.45) is 0 Å². The van der Waals surface area contributed by atoms with Crippen molar-refractivity contribution in [2.45, 2.75) is 13.8 Å². The minimum absolute atomic E-state index is 0.0376. The van der Waals surface area contributed by atoms with Gasteiger partial charge in [0.15, 0.2) is 0 Å². The van der Waals surface area contributed by atoms with Gasteiger partial charge in [0.2, 0.25) is 11.7 Å². The Kier molecular flexibility index (Phi) is 4.19. The summed E-state index contributed by atoms with van der Waals surface area (Å²) < 4.78 is 0. The molecule has 1 heterocycles. The number of aromatic amines is 1. The molecular weight excluding hydrogens is 222 g/mol. The molecule has 0 atom stereocenters. The maximum atomic E-state index is 12.0. The molecule has 0 fully saturated rings. The van der Waals surface area contributed by atoms with E-state index in [-0.39, 0.29) is 24.2 Å². The van der Waals surface area contributed by atoms with E-state index in [4.69, 9.17) is 0 Å². The molecule has 0 unspecified atom stereocenters. The average molecular weight is 239 g/mol. The molecule has 0 saturated carbocycles. The van der Waals surface area contributed by atoms with E-state index in [1.165, 1.54) is 9.80 Å². The number of aromatic nitrogens is 3. The van der Waals surface area contributed by atoms with E-state index in [9.17, 15) is 9.59 Å². The molecule has 0 bridgehead atoms. The zero-order valence-electron chi connectivity index (χ0n) is 10.5. The highest BCUT2D eigenvalue weighted by molar-refractivity contribution is 5.93. The number of hydrogen-bond donors (Lipinski definition) is 1. The van der Waals surface area contributed by atoms with Gasteiger partial charge in [0, 0.05) is 20.6 Å². The third-order valence-electron chi connectivity index (χ3n) is 2.28. The molecule has 1 aromatic heterocycles. The van der Waals surface area contributed by atoms with Gasteiger partial charge in [-0.05, 0) is 13.8 Å². The summed E-state index contributed by atoms with van der Waals surface area (Å²) in [4.78, 5) is 30.3. The van der Waals surface area contributed by atoms with Gasteiger partial charge in [0.05, 0.1) is 0 Å². The largest absolute Gasteiger partial charge is 0.347 e. The Morgan fingerprint density at radius 2 is 2.00 bits per heavy atom. The number of nitrogens with zero attached hydrogens (tertiary/aromatic N) is 4. The van der Waals surface area contributed by atoms with Gasteiger partial charge in [-0.3, -0.25) is 14.7 Å². The third kappa shape index (κ3) is 3.27. The van der Waals surface area contributed by atoms with Crippen LogP contribution in [0.15, 0.2) is 0 Å². The summed E-state index contributed by atoms with van der Waals surface area (Å²) in [7, 11) is 3.30. The van der Waals surface area contributed by atoms with Crippen molar-refractivity contribution < 1.29 is 9.59 Å². The van der Waals surface area contributed by atoms with Crippen molar-refractivity contribution in [3.8, 4) is 0 Å². The van der Waals surface area contributed by atoms with Crippen LogP contribution in [0.1, 0.15) is 23.4 Å². The van der Waals surface area contributed by atoms with Crippen LogP contribution in [0.25, 0.3) is 0 Å². The second kappa shape index (κ2) is 5.42. The Hall–Kier alpha value is -1.92. The Bertz CT molecular complexity index is 413. The topological polar surface area (TPSA) is 82.2 Å². The van der Waals surface area contributed by atoms with Crippen molar-refractivity contribution in [3.05, 3.63) is 11.6 Å². The number of carbonyl (C=O) groups is 2. The number of hydrogen-bond acceptors (Lipinski definition) is 4. The molecule has 2 amide bonds. The molecule has 1 rings (SSSR count). The Morgan fingerprint density at radius 1 is 1.35 bits per heavy atom. The highest BCUT2D eigenvalue weighted by Crippen LogP contribution is 2.00. The lowest BCUT2D eigenvalue weighted by Gasteiger charge is -2.20. The molecule has 1 N–H and O–H groups in total. The molecule has 94 valence electrons. The van der Waals surface area contributed by atoms with E-state index in [0.717, 1.165) is 0 Å². The number of H-pyrrole nitrogens is 1. The predicted molar refractivity (Wildman–Crippen MR) is 61.4 cm³/mol. The fraction of sp³-hybridized carbons (Fsp3) is 0.600. The van der Waals surface area contributed by atoms with Gasteiger partial charge in [0.1, 0.15) is 12.4 Å². The standard InChI is InChI=1S/C10H17N5O2/c1-5-15(6-8(16)14(3)4)10(17)9-11-7(2)12-13-9/h5-6H2,1-4H3,(H,11,12,13). The summed E-state index contributed by atoms with van der Waals surface area (Å²) in [6.07, 6.45) is 0. The molecule has 7 heteroatoms. The minimum Gasteiger partial charge on any atom is -0.347 e. The first-order chi connectivity index (χ1) is 7.95. The molecule has 0 saturated heterocycles. The molecule has 0 aliphatic rings. The lowest BCUT2D eigenvalue weighted by Crippen LogP contribution is -2.40. The summed E-state index contributed by atoms with van der Waals surface area (Å²) in [6.45, 7) is 3.99. The molecule has 0 aliphatic heterocycles. The van der Waals surface area contributed by atoms with Gasteiger partial charge < -0.3 is 9.80 Å². The second-order valence-corrected chi connectivity index (χ2v) is 3.85. The van der Waals surface area contributed by atoms with Crippen LogP contribution in [-0.2, 0) is 4.79 Å². The highest BCUT2D eigenvalue weighted by atomic mass is 16.2. The van der Waals surface area contributed by atoms with Crippen LogP contribution in [0.2, 0.25) is 0 Å². The minimum atomic E-state index is -0.341. The van der Waals surface area contributed by atoms with Crippen LogP contribution in [0, 0.1) is 6.92 Å². The number of rotatable bonds is 4. The Balaban J connectivity index is 2.74. The number of likely N-dealkylation sites (N-methyl/N-ethyl adjacent to an activating group) is 2. The zero-order chi connectivity index (χ0) is 13.0. The lowest BCUT2D eigenvalue weighted by atomic mass is 10.4. The summed E-state index contributed by atoms with van der Waals surface area (Å²) >= 11 is 0. The van der Waals surface area contributed by atoms with E-state index in [2.05, 4.69) is 15.2 Å². The van der Waals surface area contributed by atoms with Gasteiger partial charge in [0.25, 0.3) is 5.91 Å². The predicted octanol–water partition coefficient (Wildman–Crippen LogP) is -0.337. The quantitative estimate of drug-likeness (QED) is 0.779. The van der Waals surface area contributed by atoms with Gasteiger partial charge in [-0.15, -0.1) is 5.10 Å². The lowest BCUT2D eigenvalue weighted by molar-refractivity contribution is -0.129.